The number of hydrogen-bond acceptors (Lipinski definition) is 2. The average Bonchev–Trinajstić information content (AvgIpc) is 1.69. The van der Waals surface area contributed by atoms with Crippen LogP contribution < -0.4 is 5.32 Å². The molecule has 0 saturated carbocycles. The summed E-state index contributed by atoms with van der Waals surface area (Å²) in [4.78, 5) is 3.69. The fourth-order valence-corrected chi connectivity index (χ4v) is 0.425. The molecule has 2 nitrogen and oxygen atoms in total. The number of aliphatic imine (C=N–C) groups is 1. The fraction of sp³-hybridized carbons (Fsp3) is 0. The molecular formula is C4H4ClN2. The Morgan fingerprint density at radius 2 is 2.57 bits per heavy atom. The van der Waals surface area contributed by atoms with Gasteiger partial charge < -0.3 is 5.32 Å². The minimum absolute atomic E-state index is 0.419. The van der Waals surface area contributed by atoms with Crippen molar-refractivity contribution in [3.8, 4) is 0 Å². The van der Waals surface area contributed by atoms with Gasteiger partial charge in [-0.2, -0.15) is 0 Å². The Balaban J connectivity index is 2.57. The smallest absolute Gasteiger partial charge is 0.196 e. The molecule has 0 amide bonds. The Morgan fingerprint density at radius 1 is 1.71 bits per heavy atom. The molecule has 1 heterocycles. The summed E-state index contributed by atoms with van der Waals surface area (Å²) in [6, 6.07) is 0. The molecule has 0 aliphatic carbocycles. The van der Waals surface area contributed by atoms with Gasteiger partial charge in [-0.1, -0.05) is 0 Å². The lowest BCUT2D eigenvalue weighted by Gasteiger charge is -1.99. The van der Waals surface area contributed by atoms with Gasteiger partial charge in [-0.05, 0) is 17.7 Å². The first-order chi connectivity index (χ1) is 3.39. The van der Waals surface area contributed by atoms with Gasteiger partial charge in [-0.15, -0.1) is 0 Å². The van der Waals surface area contributed by atoms with Crippen molar-refractivity contribution in [3.63, 3.8) is 0 Å². The van der Waals surface area contributed by atoms with E-state index in [1.807, 2.05) is 0 Å². The molecule has 0 aromatic heterocycles. The van der Waals surface area contributed by atoms with Crippen LogP contribution >= 0.6 is 11.6 Å². The largest absolute Gasteiger partial charge is 0.352 e. The van der Waals surface area contributed by atoms with Crippen LogP contribution in [0, 0.1) is 6.54 Å². The summed E-state index contributed by atoms with van der Waals surface area (Å²) in [5.41, 5.74) is 0. The minimum Gasteiger partial charge on any atom is -0.352 e. The van der Waals surface area contributed by atoms with Crippen LogP contribution in [-0.4, -0.2) is 5.29 Å². The molecule has 0 fully saturated rings. The van der Waals surface area contributed by atoms with Crippen LogP contribution in [0.2, 0.25) is 0 Å². The van der Waals surface area contributed by atoms with E-state index in [2.05, 4.69) is 10.3 Å². The average molecular weight is 116 g/mol. The van der Waals surface area contributed by atoms with E-state index in [1.54, 1.807) is 18.8 Å². The van der Waals surface area contributed by atoms with E-state index in [4.69, 9.17) is 11.6 Å². The highest BCUT2D eigenvalue weighted by molar-refractivity contribution is 6.64. The summed E-state index contributed by atoms with van der Waals surface area (Å²) in [6.45, 7) is 1.72. The van der Waals surface area contributed by atoms with E-state index in [-0.39, 0.29) is 0 Å². The summed E-state index contributed by atoms with van der Waals surface area (Å²) >= 11 is 5.37. The van der Waals surface area contributed by atoms with Crippen molar-refractivity contribution < 1.29 is 0 Å². The third-order valence-electron chi connectivity index (χ3n) is 0.573. The maximum atomic E-state index is 5.37. The number of nitrogens with one attached hydrogen (secondary N) is 1. The van der Waals surface area contributed by atoms with Crippen molar-refractivity contribution in [2.24, 2.45) is 4.99 Å². The van der Waals surface area contributed by atoms with Gasteiger partial charge in [0, 0.05) is 6.20 Å². The highest BCUT2D eigenvalue weighted by Crippen LogP contribution is 1.90. The summed E-state index contributed by atoms with van der Waals surface area (Å²) in [7, 11) is 0. The third-order valence-corrected chi connectivity index (χ3v) is 0.779. The summed E-state index contributed by atoms with van der Waals surface area (Å²) in [6.07, 6.45) is 3.39. The van der Waals surface area contributed by atoms with Crippen molar-refractivity contribution in [1.82, 2.24) is 5.32 Å². The maximum absolute atomic E-state index is 5.37. The molecule has 0 atom stereocenters. The van der Waals surface area contributed by atoms with Crippen LogP contribution in [0.5, 0.6) is 0 Å². The lowest BCUT2D eigenvalue weighted by molar-refractivity contribution is 1.16. The molecule has 1 aliphatic heterocycles. The quantitative estimate of drug-likeness (QED) is 0.466. The zero-order chi connectivity index (χ0) is 5.11. The van der Waals surface area contributed by atoms with Crippen LogP contribution in [0.1, 0.15) is 0 Å². The Kier molecular flexibility index (Phi) is 1.32. The number of rotatable bonds is 0. The molecule has 1 radical (unpaired) electrons. The van der Waals surface area contributed by atoms with Gasteiger partial charge in [-0.25, -0.2) is 4.99 Å². The van der Waals surface area contributed by atoms with E-state index in [1.165, 1.54) is 0 Å². The molecule has 1 N–H and O–H groups in total. The van der Waals surface area contributed by atoms with Crippen molar-refractivity contribution in [3.05, 3.63) is 18.8 Å². The molecule has 3 heteroatoms. The molecule has 1 rings (SSSR count). The SMILES string of the molecule is ClC1=NC=C[CH]N1. The van der Waals surface area contributed by atoms with Crippen molar-refractivity contribution in [2.45, 2.75) is 0 Å². The second-order valence-electron chi connectivity index (χ2n) is 1.07. The molecule has 7 heavy (non-hydrogen) atoms. The Hall–Kier alpha value is -0.500. The highest BCUT2D eigenvalue weighted by atomic mass is 35.5. The van der Waals surface area contributed by atoms with Gasteiger partial charge in [-0.3, -0.25) is 0 Å². The summed E-state index contributed by atoms with van der Waals surface area (Å²) < 4.78 is 0. The molecule has 1 aliphatic rings. The number of halogens is 1. The zero-order valence-corrected chi connectivity index (χ0v) is 4.31. The fourth-order valence-electron chi connectivity index (χ4n) is 0.306. The second kappa shape index (κ2) is 1.98. The van der Waals surface area contributed by atoms with Crippen LogP contribution in [0.25, 0.3) is 0 Å². The molecule has 37 valence electrons. The maximum Gasteiger partial charge on any atom is 0.196 e. The van der Waals surface area contributed by atoms with E-state index in [9.17, 15) is 0 Å². The van der Waals surface area contributed by atoms with Crippen molar-refractivity contribution in [2.75, 3.05) is 0 Å². The monoisotopic (exact) mass is 115 g/mol. The molecule has 0 saturated heterocycles. The molecule has 0 bridgehead atoms. The Morgan fingerprint density at radius 3 is 2.86 bits per heavy atom. The number of nitrogens with zero attached hydrogens (tertiary/aromatic N) is 1. The lowest BCUT2D eigenvalue weighted by Crippen LogP contribution is -2.14. The van der Waals surface area contributed by atoms with Crippen molar-refractivity contribution in [1.29, 1.82) is 0 Å². The summed E-state index contributed by atoms with van der Waals surface area (Å²) in [5, 5.41) is 3.10. The molecule has 0 spiro atoms. The van der Waals surface area contributed by atoms with Crippen LogP contribution in [0.3, 0.4) is 0 Å². The van der Waals surface area contributed by atoms with Gasteiger partial charge >= 0.3 is 0 Å². The third kappa shape index (κ3) is 1.20. The first kappa shape index (κ1) is 4.65. The molecule has 0 unspecified atom stereocenters. The standard InChI is InChI=1S/C4H4ClN2/c5-4-6-2-1-3-7-4/h1-3H,(H,6,7). The number of hydrogen-bond donors (Lipinski definition) is 1. The van der Waals surface area contributed by atoms with E-state index >= 15 is 0 Å². The van der Waals surface area contributed by atoms with E-state index in [0.717, 1.165) is 0 Å². The predicted molar refractivity (Wildman–Crippen MR) is 29.9 cm³/mol. The van der Waals surface area contributed by atoms with Gasteiger partial charge in [0.2, 0.25) is 0 Å². The van der Waals surface area contributed by atoms with Gasteiger partial charge in [0.25, 0.3) is 0 Å². The van der Waals surface area contributed by atoms with Crippen LogP contribution in [0.15, 0.2) is 17.3 Å². The van der Waals surface area contributed by atoms with E-state index in [0.29, 0.717) is 5.29 Å². The number of amidine groups is 1. The van der Waals surface area contributed by atoms with Gasteiger partial charge in [0.15, 0.2) is 5.29 Å². The van der Waals surface area contributed by atoms with Crippen LogP contribution in [-0.2, 0) is 0 Å². The minimum atomic E-state index is 0.419. The second-order valence-corrected chi connectivity index (χ2v) is 1.43. The zero-order valence-electron chi connectivity index (χ0n) is 3.56. The normalized spacial score (nSPS) is 18.1. The first-order valence-electron chi connectivity index (χ1n) is 1.88. The topological polar surface area (TPSA) is 24.4 Å². The molecular weight excluding hydrogens is 112 g/mol. The lowest BCUT2D eigenvalue weighted by atomic mass is 10.6. The Labute approximate surface area is 46.9 Å². The first-order valence-corrected chi connectivity index (χ1v) is 2.25. The Bertz CT molecular complexity index is 117. The van der Waals surface area contributed by atoms with Crippen LogP contribution in [0.4, 0.5) is 0 Å². The molecule has 0 aromatic rings. The van der Waals surface area contributed by atoms with Gasteiger partial charge in [0.1, 0.15) is 0 Å². The highest BCUT2D eigenvalue weighted by Gasteiger charge is 1.90. The predicted octanol–water partition coefficient (Wildman–Crippen LogP) is 0.860. The van der Waals surface area contributed by atoms with E-state index < -0.39 is 0 Å². The summed E-state index contributed by atoms with van der Waals surface area (Å²) in [5.74, 6) is 0. The molecule has 0 aromatic carbocycles. The van der Waals surface area contributed by atoms with Gasteiger partial charge in [0.05, 0.1) is 6.54 Å². The van der Waals surface area contributed by atoms with Crippen molar-refractivity contribution >= 4 is 16.9 Å².